The fraction of sp³-hybridized carbons (Fsp3) is 0.0968. The number of furan rings is 1. The summed E-state index contributed by atoms with van der Waals surface area (Å²) in [6.45, 7) is 1.45. The van der Waals surface area contributed by atoms with E-state index in [-0.39, 0.29) is 5.82 Å². The van der Waals surface area contributed by atoms with Gasteiger partial charge in [0.2, 0.25) is 5.82 Å². The minimum Gasteiger partial charge on any atom is -0.496 e. The van der Waals surface area contributed by atoms with Crippen molar-refractivity contribution in [1.82, 2.24) is 9.66 Å². The van der Waals surface area contributed by atoms with Crippen LogP contribution < -0.4 is 15.0 Å². The Hall–Kier alpha value is -5.44. The van der Waals surface area contributed by atoms with Gasteiger partial charge in [-0.1, -0.05) is 48.5 Å². The molecule has 0 radical (unpaired) electrons. The Morgan fingerprint density at radius 1 is 0.975 bits per heavy atom. The number of hydrogen-bond donors (Lipinski definition) is 1. The predicted molar refractivity (Wildman–Crippen MR) is 152 cm³/mol. The van der Waals surface area contributed by atoms with E-state index in [1.165, 1.54) is 17.8 Å². The minimum atomic E-state index is -1.10. The van der Waals surface area contributed by atoms with E-state index in [4.69, 9.17) is 18.9 Å². The number of carbonyl (C=O) groups is 1. The number of para-hydroxylation sites is 1. The van der Waals surface area contributed by atoms with Crippen LogP contribution in [0.5, 0.6) is 11.5 Å². The second-order valence-electron chi connectivity index (χ2n) is 9.09. The highest BCUT2D eigenvalue weighted by Gasteiger charge is 2.19. The zero-order valence-electron chi connectivity index (χ0n) is 21.6. The maximum absolute atomic E-state index is 13.7. The monoisotopic (exact) mass is 533 g/mol. The van der Waals surface area contributed by atoms with Crippen LogP contribution >= 0.6 is 0 Å². The lowest BCUT2D eigenvalue weighted by molar-refractivity contribution is -0.144. The molecule has 40 heavy (non-hydrogen) atoms. The summed E-state index contributed by atoms with van der Waals surface area (Å²) in [6, 6.07) is 25.3. The van der Waals surface area contributed by atoms with E-state index < -0.39 is 17.6 Å². The van der Waals surface area contributed by atoms with Gasteiger partial charge >= 0.3 is 5.97 Å². The molecule has 1 N–H and O–H groups in total. The Morgan fingerprint density at radius 3 is 2.55 bits per heavy atom. The molecule has 0 aliphatic carbocycles. The minimum absolute atomic E-state index is 0.194. The molecule has 2 aromatic heterocycles. The third-order valence-corrected chi connectivity index (χ3v) is 6.60. The summed E-state index contributed by atoms with van der Waals surface area (Å²) in [7, 11) is 1.57. The summed E-state index contributed by atoms with van der Waals surface area (Å²) >= 11 is 0. The molecular formula is C31H23N3O6. The SMILES string of the molecule is COc1cccc2oc(-c3nc4ccccc4c(=O)n3N=Cc3c(O[C@H](C)C(=O)O)ccc4ccccc34)cc12. The largest absolute Gasteiger partial charge is 0.496 e. The Kier molecular flexibility index (Phi) is 6.24. The van der Waals surface area contributed by atoms with E-state index >= 15 is 0 Å². The molecule has 0 bridgehead atoms. The molecule has 6 rings (SSSR count). The fourth-order valence-corrected chi connectivity index (χ4v) is 4.58. The number of carboxylic acids is 1. The van der Waals surface area contributed by atoms with Crippen molar-refractivity contribution in [2.45, 2.75) is 13.0 Å². The number of aromatic nitrogens is 2. The number of benzene rings is 4. The van der Waals surface area contributed by atoms with Gasteiger partial charge in [0.1, 0.15) is 17.1 Å². The second-order valence-corrected chi connectivity index (χ2v) is 9.09. The predicted octanol–water partition coefficient (Wildman–Crippen LogP) is 5.71. The maximum atomic E-state index is 13.7. The van der Waals surface area contributed by atoms with Crippen molar-refractivity contribution in [3.8, 4) is 23.1 Å². The average molecular weight is 534 g/mol. The van der Waals surface area contributed by atoms with Gasteiger partial charge in [-0.25, -0.2) is 9.78 Å². The van der Waals surface area contributed by atoms with Crippen LogP contribution in [0.4, 0.5) is 0 Å². The van der Waals surface area contributed by atoms with E-state index in [0.29, 0.717) is 39.3 Å². The fourth-order valence-electron chi connectivity index (χ4n) is 4.58. The summed E-state index contributed by atoms with van der Waals surface area (Å²) in [5.74, 6) is 0.353. The van der Waals surface area contributed by atoms with Crippen molar-refractivity contribution in [3.63, 3.8) is 0 Å². The van der Waals surface area contributed by atoms with Crippen LogP contribution in [0.2, 0.25) is 0 Å². The van der Waals surface area contributed by atoms with Crippen molar-refractivity contribution in [2.24, 2.45) is 5.10 Å². The van der Waals surface area contributed by atoms with Gasteiger partial charge in [-0.15, -0.1) is 0 Å². The van der Waals surface area contributed by atoms with Crippen LogP contribution in [0.25, 0.3) is 44.2 Å². The second kappa shape index (κ2) is 10.0. The van der Waals surface area contributed by atoms with Gasteiger partial charge in [0.25, 0.3) is 5.56 Å². The van der Waals surface area contributed by atoms with Gasteiger partial charge in [0, 0.05) is 5.56 Å². The summed E-state index contributed by atoms with van der Waals surface area (Å²) in [6.07, 6.45) is 0.385. The first-order chi connectivity index (χ1) is 19.4. The van der Waals surface area contributed by atoms with E-state index in [1.807, 2.05) is 42.5 Å². The molecular weight excluding hydrogens is 510 g/mol. The third-order valence-electron chi connectivity index (χ3n) is 6.60. The molecule has 0 saturated carbocycles. The van der Waals surface area contributed by atoms with Crippen LogP contribution in [-0.2, 0) is 4.79 Å². The summed E-state index contributed by atoms with van der Waals surface area (Å²) in [5.41, 5.74) is 1.18. The lowest BCUT2D eigenvalue weighted by Gasteiger charge is -2.15. The Balaban J connectivity index is 1.58. The van der Waals surface area contributed by atoms with E-state index in [9.17, 15) is 14.7 Å². The number of rotatable bonds is 7. The maximum Gasteiger partial charge on any atom is 0.344 e. The van der Waals surface area contributed by atoms with Crippen molar-refractivity contribution >= 4 is 44.8 Å². The topological polar surface area (TPSA) is 116 Å². The summed E-state index contributed by atoms with van der Waals surface area (Å²) < 4.78 is 18.5. The van der Waals surface area contributed by atoms with E-state index in [2.05, 4.69) is 5.10 Å². The number of nitrogens with zero attached hydrogens (tertiary/aromatic N) is 3. The molecule has 4 aromatic carbocycles. The molecule has 2 heterocycles. The van der Waals surface area contributed by atoms with Crippen molar-refractivity contribution in [1.29, 1.82) is 0 Å². The number of carboxylic acid groups (broad SMARTS) is 1. The van der Waals surface area contributed by atoms with Gasteiger partial charge in [0.15, 0.2) is 11.9 Å². The van der Waals surface area contributed by atoms with Crippen LogP contribution in [0.15, 0.2) is 99.2 Å². The zero-order chi connectivity index (χ0) is 27.8. The first-order valence-electron chi connectivity index (χ1n) is 12.5. The number of fused-ring (bicyclic) bond motifs is 3. The van der Waals surface area contributed by atoms with E-state index in [0.717, 1.165) is 16.2 Å². The first kappa shape index (κ1) is 24.9. The quantitative estimate of drug-likeness (QED) is 0.262. The number of aliphatic carboxylic acids is 1. The molecule has 0 fully saturated rings. The molecule has 9 heteroatoms. The van der Waals surface area contributed by atoms with Crippen LogP contribution in [0.1, 0.15) is 12.5 Å². The molecule has 0 spiro atoms. The van der Waals surface area contributed by atoms with Crippen LogP contribution in [0.3, 0.4) is 0 Å². The van der Waals surface area contributed by atoms with Crippen molar-refractivity contribution in [3.05, 3.63) is 101 Å². The molecule has 0 saturated heterocycles. The first-order valence-corrected chi connectivity index (χ1v) is 12.5. The molecule has 9 nitrogen and oxygen atoms in total. The van der Waals surface area contributed by atoms with Crippen LogP contribution in [-0.4, -0.2) is 40.2 Å². The van der Waals surface area contributed by atoms with Crippen molar-refractivity contribution < 1.29 is 23.8 Å². The van der Waals surface area contributed by atoms with Gasteiger partial charge in [-0.05, 0) is 54.1 Å². The average Bonchev–Trinajstić information content (AvgIpc) is 3.41. The van der Waals surface area contributed by atoms with Gasteiger partial charge in [-0.3, -0.25) is 4.79 Å². The molecule has 0 amide bonds. The smallest absolute Gasteiger partial charge is 0.344 e. The molecule has 0 unspecified atom stereocenters. The number of methoxy groups -OCH3 is 1. The highest BCUT2D eigenvalue weighted by atomic mass is 16.5. The molecule has 198 valence electrons. The standard InChI is InChI=1S/C31H23N3O6/c1-18(31(36)37)39-27-15-14-19-8-3-4-9-20(19)23(27)17-32-34-29(33-24-11-6-5-10-21(24)30(34)35)28-16-22-25(38-2)12-7-13-26(22)40-28/h3-18H,1-2H3,(H,36,37)/t18-/m1/s1. The van der Waals surface area contributed by atoms with Crippen LogP contribution in [0, 0.1) is 0 Å². The lowest BCUT2D eigenvalue weighted by atomic mass is 10.0. The van der Waals surface area contributed by atoms with Gasteiger partial charge < -0.3 is 19.0 Å². The molecule has 1 atom stereocenters. The highest BCUT2D eigenvalue weighted by molar-refractivity contribution is 6.02. The molecule has 0 aliphatic rings. The van der Waals surface area contributed by atoms with Gasteiger partial charge in [0.05, 0.1) is 29.6 Å². The highest BCUT2D eigenvalue weighted by Crippen LogP contribution is 2.33. The number of ether oxygens (including phenoxy) is 2. The normalized spacial score (nSPS) is 12.3. The zero-order valence-corrected chi connectivity index (χ0v) is 21.6. The van der Waals surface area contributed by atoms with E-state index in [1.54, 1.807) is 49.6 Å². The molecule has 6 aromatic rings. The lowest BCUT2D eigenvalue weighted by Crippen LogP contribution is -2.23. The number of hydrogen-bond acceptors (Lipinski definition) is 7. The Bertz CT molecular complexity index is 2010. The Morgan fingerprint density at radius 2 is 1.75 bits per heavy atom. The van der Waals surface area contributed by atoms with Crippen molar-refractivity contribution in [2.75, 3.05) is 7.11 Å². The third kappa shape index (κ3) is 4.33. The van der Waals surface area contributed by atoms with Gasteiger partial charge in [-0.2, -0.15) is 9.78 Å². The molecule has 0 aliphatic heterocycles. The summed E-state index contributed by atoms with van der Waals surface area (Å²) in [5, 5.41) is 16.8. The Labute approximate surface area is 227 Å². The summed E-state index contributed by atoms with van der Waals surface area (Å²) in [4.78, 5) is 30.0.